The molecule has 0 radical (unpaired) electrons. The molecule has 1 saturated heterocycles. The number of likely N-dealkylation sites (N-methyl/N-ethyl adjacent to an activating group) is 1. The van der Waals surface area contributed by atoms with Crippen molar-refractivity contribution in [2.75, 3.05) is 13.7 Å². The molecular formula is C8H10N2O2S. The Morgan fingerprint density at radius 1 is 1.77 bits per heavy atom. The second-order valence-corrected chi connectivity index (χ2v) is 3.92. The molecule has 1 aliphatic rings. The van der Waals surface area contributed by atoms with Crippen molar-refractivity contribution in [2.24, 2.45) is 0 Å². The van der Waals surface area contributed by atoms with Crippen LogP contribution in [0, 0.1) is 6.92 Å². The third-order valence-corrected chi connectivity index (χ3v) is 3.11. The molecule has 0 spiro atoms. The molecule has 5 heteroatoms. The van der Waals surface area contributed by atoms with Crippen LogP contribution in [0.3, 0.4) is 0 Å². The van der Waals surface area contributed by atoms with Crippen molar-refractivity contribution in [3.8, 4) is 0 Å². The van der Waals surface area contributed by atoms with E-state index in [9.17, 15) is 4.79 Å². The van der Waals surface area contributed by atoms with E-state index >= 15 is 0 Å². The maximum absolute atomic E-state index is 11.0. The Morgan fingerprint density at radius 3 is 3.00 bits per heavy atom. The van der Waals surface area contributed by atoms with Gasteiger partial charge in [0.2, 0.25) is 0 Å². The third-order valence-electron chi connectivity index (χ3n) is 2.04. The highest BCUT2D eigenvalue weighted by Gasteiger charge is 2.32. The van der Waals surface area contributed by atoms with Crippen LogP contribution in [0.2, 0.25) is 0 Å². The molecule has 0 aromatic carbocycles. The van der Waals surface area contributed by atoms with E-state index in [0.29, 0.717) is 6.61 Å². The molecule has 0 aliphatic carbocycles. The molecule has 13 heavy (non-hydrogen) atoms. The first kappa shape index (κ1) is 8.50. The maximum Gasteiger partial charge on any atom is 0.410 e. The summed E-state index contributed by atoms with van der Waals surface area (Å²) in [6, 6.07) is 0.00574. The molecule has 0 saturated carbocycles. The van der Waals surface area contributed by atoms with Crippen LogP contribution in [0.1, 0.15) is 16.7 Å². The van der Waals surface area contributed by atoms with Gasteiger partial charge in [0.1, 0.15) is 17.7 Å². The molecular weight excluding hydrogens is 188 g/mol. The maximum atomic E-state index is 11.0. The SMILES string of the molecule is Cc1csc(C2COC(=O)N2C)n1. The summed E-state index contributed by atoms with van der Waals surface area (Å²) in [5.41, 5.74) is 0.993. The molecule has 1 unspecified atom stereocenters. The number of amides is 1. The van der Waals surface area contributed by atoms with Crippen molar-refractivity contribution >= 4 is 17.4 Å². The van der Waals surface area contributed by atoms with Crippen LogP contribution >= 0.6 is 11.3 Å². The van der Waals surface area contributed by atoms with Gasteiger partial charge in [0.15, 0.2) is 0 Å². The lowest BCUT2D eigenvalue weighted by Gasteiger charge is -2.12. The van der Waals surface area contributed by atoms with Crippen molar-refractivity contribution < 1.29 is 9.53 Å². The average Bonchev–Trinajstić information content (AvgIpc) is 2.62. The highest BCUT2D eigenvalue weighted by molar-refractivity contribution is 7.09. The van der Waals surface area contributed by atoms with E-state index in [1.165, 1.54) is 0 Å². The van der Waals surface area contributed by atoms with E-state index in [1.54, 1.807) is 23.3 Å². The number of thiazole rings is 1. The Kier molecular flexibility index (Phi) is 1.95. The highest BCUT2D eigenvalue weighted by Crippen LogP contribution is 2.27. The van der Waals surface area contributed by atoms with Crippen molar-refractivity contribution in [3.63, 3.8) is 0 Å². The molecule has 1 aliphatic heterocycles. The Hall–Kier alpha value is -1.10. The zero-order chi connectivity index (χ0) is 9.42. The number of carbonyl (C=O) groups is 1. The second-order valence-electron chi connectivity index (χ2n) is 3.03. The van der Waals surface area contributed by atoms with Gasteiger partial charge in [0, 0.05) is 18.1 Å². The van der Waals surface area contributed by atoms with Gasteiger partial charge in [0.05, 0.1) is 0 Å². The summed E-state index contributed by atoms with van der Waals surface area (Å²) < 4.78 is 4.90. The molecule has 0 N–H and O–H groups in total. The Morgan fingerprint density at radius 2 is 2.54 bits per heavy atom. The average molecular weight is 198 g/mol. The van der Waals surface area contributed by atoms with Crippen LogP contribution in [-0.4, -0.2) is 29.6 Å². The molecule has 2 rings (SSSR count). The van der Waals surface area contributed by atoms with E-state index in [-0.39, 0.29) is 12.1 Å². The lowest BCUT2D eigenvalue weighted by atomic mass is 10.3. The number of hydrogen-bond donors (Lipinski definition) is 0. The minimum atomic E-state index is -0.266. The zero-order valence-corrected chi connectivity index (χ0v) is 8.30. The number of hydrogen-bond acceptors (Lipinski definition) is 4. The lowest BCUT2D eigenvalue weighted by Crippen LogP contribution is -2.22. The normalized spacial score (nSPS) is 22.2. The number of nitrogens with zero attached hydrogens (tertiary/aromatic N) is 2. The van der Waals surface area contributed by atoms with E-state index in [4.69, 9.17) is 4.74 Å². The molecule has 1 amide bonds. The molecule has 1 aromatic heterocycles. The molecule has 1 atom stereocenters. The predicted molar refractivity (Wildman–Crippen MR) is 48.7 cm³/mol. The van der Waals surface area contributed by atoms with E-state index in [2.05, 4.69) is 4.98 Å². The lowest BCUT2D eigenvalue weighted by molar-refractivity contribution is 0.163. The van der Waals surface area contributed by atoms with Crippen molar-refractivity contribution in [2.45, 2.75) is 13.0 Å². The van der Waals surface area contributed by atoms with E-state index in [1.807, 2.05) is 12.3 Å². The molecule has 1 aromatic rings. The van der Waals surface area contributed by atoms with Gasteiger partial charge in [-0.15, -0.1) is 11.3 Å². The van der Waals surface area contributed by atoms with E-state index < -0.39 is 0 Å². The molecule has 4 nitrogen and oxygen atoms in total. The quantitative estimate of drug-likeness (QED) is 0.688. The fourth-order valence-corrected chi connectivity index (χ4v) is 2.18. The van der Waals surface area contributed by atoms with Crippen LogP contribution in [-0.2, 0) is 4.74 Å². The van der Waals surface area contributed by atoms with Crippen LogP contribution in [0.15, 0.2) is 5.38 Å². The summed E-state index contributed by atoms with van der Waals surface area (Å²) in [7, 11) is 1.73. The largest absolute Gasteiger partial charge is 0.447 e. The second kappa shape index (κ2) is 2.99. The summed E-state index contributed by atoms with van der Waals surface area (Å²) in [6.07, 6.45) is -0.266. The summed E-state index contributed by atoms with van der Waals surface area (Å²) >= 11 is 1.57. The van der Waals surface area contributed by atoms with Gasteiger partial charge in [-0.2, -0.15) is 0 Å². The minimum Gasteiger partial charge on any atom is -0.447 e. The monoisotopic (exact) mass is 198 g/mol. The van der Waals surface area contributed by atoms with Gasteiger partial charge >= 0.3 is 6.09 Å². The standard InChI is InChI=1S/C8H10N2O2S/c1-5-4-13-7(9-5)6-3-12-8(11)10(6)2/h4,6H,3H2,1-2H3. The van der Waals surface area contributed by atoms with Crippen molar-refractivity contribution in [3.05, 3.63) is 16.1 Å². The fourth-order valence-electron chi connectivity index (χ4n) is 1.25. The Bertz CT molecular complexity index is 337. The number of aromatic nitrogens is 1. The van der Waals surface area contributed by atoms with Gasteiger partial charge in [-0.25, -0.2) is 9.78 Å². The summed E-state index contributed by atoms with van der Waals surface area (Å²) in [4.78, 5) is 16.9. The zero-order valence-electron chi connectivity index (χ0n) is 7.48. The van der Waals surface area contributed by atoms with Gasteiger partial charge in [-0.05, 0) is 6.92 Å². The van der Waals surface area contributed by atoms with Gasteiger partial charge in [-0.3, -0.25) is 4.90 Å². The topological polar surface area (TPSA) is 42.4 Å². The first-order valence-electron chi connectivity index (χ1n) is 4.00. The highest BCUT2D eigenvalue weighted by atomic mass is 32.1. The number of carbonyl (C=O) groups excluding carboxylic acids is 1. The molecule has 1 fully saturated rings. The number of aryl methyl sites for hydroxylation is 1. The Labute approximate surface area is 80.1 Å². The number of cyclic esters (lactones) is 1. The predicted octanol–water partition coefficient (Wildman–Crippen LogP) is 1.57. The fraction of sp³-hybridized carbons (Fsp3) is 0.500. The van der Waals surface area contributed by atoms with Crippen molar-refractivity contribution in [1.29, 1.82) is 0 Å². The van der Waals surface area contributed by atoms with Crippen LogP contribution in [0.5, 0.6) is 0 Å². The van der Waals surface area contributed by atoms with Crippen molar-refractivity contribution in [1.82, 2.24) is 9.88 Å². The molecule has 0 bridgehead atoms. The first-order valence-corrected chi connectivity index (χ1v) is 4.88. The third kappa shape index (κ3) is 1.39. The van der Waals surface area contributed by atoms with Crippen LogP contribution < -0.4 is 0 Å². The van der Waals surface area contributed by atoms with Crippen LogP contribution in [0.4, 0.5) is 4.79 Å². The molecule has 70 valence electrons. The molecule has 2 heterocycles. The smallest absolute Gasteiger partial charge is 0.410 e. The summed E-state index contributed by atoms with van der Waals surface area (Å²) in [5, 5.41) is 2.93. The van der Waals surface area contributed by atoms with Gasteiger partial charge in [0.25, 0.3) is 0 Å². The van der Waals surface area contributed by atoms with E-state index in [0.717, 1.165) is 10.7 Å². The van der Waals surface area contributed by atoms with Crippen LogP contribution in [0.25, 0.3) is 0 Å². The Balaban J connectivity index is 2.23. The minimum absolute atomic E-state index is 0.00574. The number of rotatable bonds is 1. The van der Waals surface area contributed by atoms with Gasteiger partial charge in [-0.1, -0.05) is 0 Å². The van der Waals surface area contributed by atoms with Gasteiger partial charge < -0.3 is 4.74 Å². The summed E-state index contributed by atoms with van der Waals surface area (Å²) in [6.45, 7) is 2.36. The summed E-state index contributed by atoms with van der Waals surface area (Å²) in [5.74, 6) is 0. The number of ether oxygens (including phenoxy) is 1. The first-order chi connectivity index (χ1) is 6.18.